The Kier molecular flexibility index (Phi) is 5.60. The van der Waals surface area contributed by atoms with E-state index in [1.54, 1.807) is 0 Å². The zero-order chi connectivity index (χ0) is 18.1. The minimum absolute atomic E-state index is 0.159. The van der Waals surface area contributed by atoms with E-state index in [2.05, 4.69) is 16.9 Å². The third kappa shape index (κ3) is 3.81. The first kappa shape index (κ1) is 18.4. The van der Waals surface area contributed by atoms with Gasteiger partial charge >= 0.3 is 0 Å². The number of hydrogen-bond donors (Lipinski definition) is 0. The molecular formula is C20H32N4OS. The van der Waals surface area contributed by atoms with Crippen molar-refractivity contribution >= 4 is 17.7 Å². The summed E-state index contributed by atoms with van der Waals surface area (Å²) in [4.78, 5) is 17.8. The Morgan fingerprint density at radius 1 is 1.27 bits per heavy atom. The van der Waals surface area contributed by atoms with E-state index in [0.29, 0.717) is 6.04 Å². The molecule has 0 spiro atoms. The van der Waals surface area contributed by atoms with Crippen LogP contribution < -0.4 is 0 Å². The summed E-state index contributed by atoms with van der Waals surface area (Å²) in [5.41, 5.74) is 3.27. The van der Waals surface area contributed by atoms with Crippen LogP contribution in [-0.4, -0.2) is 69.2 Å². The smallest absolute Gasteiger partial charge is 0.274 e. The Morgan fingerprint density at radius 2 is 2.04 bits per heavy atom. The summed E-state index contributed by atoms with van der Waals surface area (Å²) in [6.45, 7) is 6.44. The first-order chi connectivity index (χ1) is 12.7. The minimum atomic E-state index is 0.159. The van der Waals surface area contributed by atoms with E-state index < -0.39 is 0 Å². The van der Waals surface area contributed by atoms with E-state index in [9.17, 15) is 4.79 Å². The molecule has 1 aromatic rings. The van der Waals surface area contributed by atoms with Gasteiger partial charge in [0.2, 0.25) is 0 Å². The topological polar surface area (TPSA) is 41.4 Å². The highest BCUT2D eigenvalue weighted by Gasteiger charge is 2.34. The number of rotatable bonds is 6. The van der Waals surface area contributed by atoms with Crippen LogP contribution in [-0.2, 0) is 19.9 Å². The van der Waals surface area contributed by atoms with Crippen LogP contribution >= 0.6 is 11.8 Å². The normalized spacial score (nSPS) is 23.3. The number of fused-ring (bicyclic) bond motifs is 1. The van der Waals surface area contributed by atoms with Crippen molar-refractivity contribution in [1.29, 1.82) is 0 Å². The van der Waals surface area contributed by atoms with Crippen LogP contribution in [0.15, 0.2) is 0 Å². The van der Waals surface area contributed by atoms with Gasteiger partial charge in [0.05, 0.1) is 0 Å². The molecule has 1 unspecified atom stereocenters. The molecule has 0 aromatic carbocycles. The van der Waals surface area contributed by atoms with Gasteiger partial charge in [-0.3, -0.25) is 14.4 Å². The molecule has 1 aliphatic heterocycles. The molecule has 5 nitrogen and oxygen atoms in total. The van der Waals surface area contributed by atoms with Crippen molar-refractivity contribution in [3.8, 4) is 0 Å². The Hall–Kier alpha value is -1.01. The standard InChI is InChI=1S/C20H32N4OS/c1-3-8-24(14-15-4-5-15)16-6-7-18-17(13-16)19(21-22(18)2)20(25)23-9-11-26-12-10-23/h15-16H,3-14H2,1-2H3. The Morgan fingerprint density at radius 3 is 2.73 bits per heavy atom. The lowest BCUT2D eigenvalue weighted by Crippen LogP contribution is -2.42. The Bertz CT molecular complexity index is 648. The van der Waals surface area contributed by atoms with E-state index in [1.807, 2.05) is 28.4 Å². The molecule has 6 heteroatoms. The molecule has 2 heterocycles. The van der Waals surface area contributed by atoms with Gasteiger partial charge in [-0.1, -0.05) is 6.92 Å². The molecule has 1 atom stereocenters. The van der Waals surface area contributed by atoms with Crippen molar-refractivity contribution in [1.82, 2.24) is 19.6 Å². The third-order valence-corrected chi connectivity index (χ3v) is 7.09. The highest BCUT2D eigenvalue weighted by molar-refractivity contribution is 7.99. The lowest BCUT2D eigenvalue weighted by Gasteiger charge is -2.35. The summed E-state index contributed by atoms with van der Waals surface area (Å²) in [5, 5.41) is 4.68. The second-order valence-electron chi connectivity index (χ2n) is 8.14. The average Bonchev–Trinajstić information content (AvgIpc) is 3.43. The molecule has 1 saturated carbocycles. The summed E-state index contributed by atoms with van der Waals surface area (Å²) in [7, 11) is 2.01. The monoisotopic (exact) mass is 376 g/mol. The maximum Gasteiger partial charge on any atom is 0.274 e. The van der Waals surface area contributed by atoms with Gasteiger partial charge < -0.3 is 4.90 Å². The van der Waals surface area contributed by atoms with E-state index in [0.717, 1.165) is 49.0 Å². The molecule has 0 radical (unpaired) electrons. The summed E-state index contributed by atoms with van der Waals surface area (Å²) >= 11 is 1.94. The second-order valence-corrected chi connectivity index (χ2v) is 9.36. The molecule has 1 amide bonds. The number of aryl methyl sites for hydroxylation is 1. The van der Waals surface area contributed by atoms with Crippen LogP contribution in [0, 0.1) is 5.92 Å². The lowest BCUT2D eigenvalue weighted by atomic mass is 9.89. The van der Waals surface area contributed by atoms with Crippen molar-refractivity contribution in [2.45, 2.75) is 51.5 Å². The molecule has 26 heavy (non-hydrogen) atoms. The minimum Gasteiger partial charge on any atom is -0.336 e. The van der Waals surface area contributed by atoms with Crippen molar-refractivity contribution in [2.75, 3.05) is 37.7 Å². The van der Waals surface area contributed by atoms with Crippen LogP contribution in [0.25, 0.3) is 0 Å². The van der Waals surface area contributed by atoms with Gasteiger partial charge in [-0.25, -0.2) is 0 Å². The van der Waals surface area contributed by atoms with Gasteiger partial charge in [-0.15, -0.1) is 0 Å². The van der Waals surface area contributed by atoms with Gasteiger partial charge in [0.15, 0.2) is 5.69 Å². The summed E-state index contributed by atoms with van der Waals surface area (Å²) < 4.78 is 1.97. The number of hydrogen-bond acceptors (Lipinski definition) is 4. The molecule has 2 fully saturated rings. The lowest BCUT2D eigenvalue weighted by molar-refractivity contribution is 0.0763. The summed E-state index contributed by atoms with van der Waals surface area (Å²) in [5.74, 6) is 3.18. The van der Waals surface area contributed by atoms with Crippen molar-refractivity contribution in [3.63, 3.8) is 0 Å². The quantitative estimate of drug-likeness (QED) is 0.765. The van der Waals surface area contributed by atoms with Gasteiger partial charge in [0, 0.05) is 55.5 Å². The van der Waals surface area contributed by atoms with E-state index in [1.165, 1.54) is 50.0 Å². The van der Waals surface area contributed by atoms with Crippen LogP contribution in [0.3, 0.4) is 0 Å². The number of aromatic nitrogens is 2. The second kappa shape index (κ2) is 7.93. The van der Waals surface area contributed by atoms with E-state index in [4.69, 9.17) is 0 Å². The molecule has 1 aromatic heterocycles. The Balaban J connectivity index is 1.53. The zero-order valence-electron chi connectivity index (χ0n) is 16.2. The van der Waals surface area contributed by atoms with Crippen LogP contribution in [0.4, 0.5) is 0 Å². The SMILES string of the molecule is CCCN(CC1CC1)C1CCc2c(c(C(=O)N3CCSCC3)nn2C)C1. The van der Waals surface area contributed by atoms with E-state index in [-0.39, 0.29) is 5.91 Å². The van der Waals surface area contributed by atoms with Crippen molar-refractivity contribution < 1.29 is 4.79 Å². The predicted molar refractivity (Wildman–Crippen MR) is 107 cm³/mol. The first-order valence-corrected chi connectivity index (χ1v) is 11.5. The Labute approximate surface area is 161 Å². The molecule has 0 N–H and O–H groups in total. The third-order valence-electron chi connectivity index (χ3n) is 6.15. The zero-order valence-corrected chi connectivity index (χ0v) is 17.1. The van der Waals surface area contributed by atoms with Crippen molar-refractivity contribution in [2.24, 2.45) is 13.0 Å². The molecule has 4 rings (SSSR count). The number of amides is 1. The van der Waals surface area contributed by atoms with E-state index >= 15 is 0 Å². The number of carbonyl (C=O) groups is 1. The van der Waals surface area contributed by atoms with Crippen LogP contribution in [0.5, 0.6) is 0 Å². The predicted octanol–water partition coefficient (Wildman–Crippen LogP) is 2.59. The van der Waals surface area contributed by atoms with Gasteiger partial charge in [0.1, 0.15) is 0 Å². The first-order valence-electron chi connectivity index (χ1n) is 10.3. The summed E-state index contributed by atoms with van der Waals surface area (Å²) in [6, 6.07) is 0.579. The fourth-order valence-corrected chi connectivity index (χ4v) is 5.42. The fourth-order valence-electron chi connectivity index (χ4n) is 4.51. The maximum atomic E-state index is 13.1. The molecule has 3 aliphatic rings. The van der Waals surface area contributed by atoms with Gasteiger partial charge in [-0.05, 0) is 51.0 Å². The fraction of sp³-hybridized carbons (Fsp3) is 0.800. The molecular weight excluding hydrogens is 344 g/mol. The van der Waals surface area contributed by atoms with Gasteiger partial charge in [0.25, 0.3) is 5.91 Å². The number of carbonyl (C=O) groups excluding carboxylic acids is 1. The van der Waals surface area contributed by atoms with Gasteiger partial charge in [-0.2, -0.15) is 16.9 Å². The van der Waals surface area contributed by atoms with Crippen molar-refractivity contribution in [3.05, 3.63) is 17.0 Å². The molecule has 0 bridgehead atoms. The number of nitrogens with zero attached hydrogens (tertiary/aromatic N) is 4. The average molecular weight is 377 g/mol. The maximum absolute atomic E-state index is 13.1. The highest BCUT2D eigenvalue weighted by atomic mass is 32.2. The summed E-state index contributed by atoms with van der Waals surface area (Å²) in [6.07, 6.45) is 7.27. The molecule has 1 saturated heterocycles. The number of thioether (sulfide) groups is 1. The molecule has 144 valence electrons. The molecule has 2 aliphatic carbocycles. The largest absolute Gasteiger partial charge is 0.336 e. The van der Waals surface area contributed by atoms with Crippen LogP contribution in [0.2, 0.25) is 0 Å². The van der Waals surface area contributed by atoms with Crippen LogP contribution in [0.1, 0.15) is 54.4 Å². The highest BCUT2D eigenvalue weighted by Crippen LogP contribution is 2.33.